The van der Waals surface area contributed by atoms with E-state index in [-0.39, 0.29) is 6.42 Å². The molecule has 1 aliphatic heterocycles. The van der Waals surface area contributed by atoms with Crippen LogP contribution in [0.15, 0.2) is 24.3 Å². The van der Waals surface area contributed by atoms with Crippen LogP contribution in [0.3, 0.4) is 0 Å². The SMILES string of the molecule is CC(C)(C)OC(=O)N1C(=O)CC(O)c2ccccc21. The third-order valence-corrected chi connectivity index (χ3v) is 2.73. The molecule has 102 valence electrons. The maximum atomic E-state index is 12.1. The monoisotopic (exact) mass is 263 g/mol. The summed E-state index contributed by atoms with van der Waals surface area (Å²) >= 11 is 0. The highest BCUT2D eigenvalue weighted by molar-refractivity contribution is 6.14. The van der Waals surface area contributed by atoms with Crippen LogP contribution in [0.4, 0.5) is 10.5 Å². The molecule has 1 N–H and O–H groups in total. The normalized spacial score (nSPS) is 19.1. The number of carbonyl (C=O) groups excluding carboxylic acids is 2. The summed E-state index contributed by atoms with van der Waals surface area (Å²) in [7, 11) is 0. The number of nitrogens with zero attached hydrogens (tertiary/aromatic N) is 1. The fraction of sp³-hybridized carbons (Fsp3) is 0.429. The van der Waals surface area contributed by atoms with E-state index in [4.69, 9.17) is 4.74 Å². The molecule has 1 heterocycles. The van der Waals surface area contributed by atoms with Crippen LogP contribution in [0.5, 0.6) is 0 Å². The first-order valence-electron chi connectivity index (χ1n) is 6.12. The minimum atomic E-state index is -0.873. The molecule has 1 aromatic rings. The lowest BCUT2D eigenvalue weighted by Gasteiger charge is -2.32. The third-order valence-electron chi connectivity index (χ3n) is 2.73. The standard InChI is InChI=1S/C14H17NO4/c1-14(2,3)19-13(18)15-10-7-5-4-6-9(10)11(16)8-12(15)17/h4-7,11,16H,8H2,1-3H3. The van der Waals surface area contributed by atoms with Gasteiger partial charge in [-0.3, -0.25) is 4.79 Å². The summed E-state index contributed by atoms with van der Waals surface area (Å²) in [5.74, 6) is -0.458. The Morgan fingerprint density at radius 2 is 2.00 bits per heavy atom. The minimum Gasteiger partial charge on any atom is -0.443 e. The molecule has 19 heavy (non-hydrogen) atoms. The van der Waals surface area contributed by atoms with E-state index in [1.165, 1.54) is 0 Å². The van der Waals surface area contributed by atoms with E-state index in [0.29, 0.717) is 11.3 Å². The van der Waals surface area contributed by atoms with Gasteiger partial charge < -0.3 is 9.84 Å². The molecule has 1 aromatic carbocycles. The van der Waals surface area contributed by atoms with Gasteiger partial charge in [0.15, 0.2) is 0 Å². The number of amides is 2. The molecule has 0 aromatic heterocycles. The predicted molar refractivity (Wildman–Crippen MR) is 69.7 cm³/mol. The summed E-state index contributed by atoms with van der Waals surface area (Å²) in [6, 6.07) is 6.79. The van der Waals surface area contributed by atoms with Gasteiger partial charge in [0.05, 0.1) is 18.2 Å². The van der Waals surface area contributed by atoms with E-state index >= 15 is 0 Å². The van der Waals surface area contributed by atoms with Crippen LogP contribution in [0.25, 0.3) is 0 Å². The van der Waals surface area contributed by atoms with E-state index in [2.05, 4.69) is 0 Å². The van der Waals surface area contributed by atoms with E-state index in [9.17, 15) is 14.7 Å². The number of para-hydroxylation sites is 1. The van der Waals surface area contributed by atoms with Crippen LogP contribution in [0.2, 0.25) is 0 Å². The van der Waals surface area contributed by atoms with Crippen LogP contribution in [0, 0.1) is 0 Å². The Labute approximate surface area is 111 Å². The molecular formula is C14H17NO4. The summed E-state index contributed by atoms with van der Waals surface area (Å²) in [5.41, 5.74) is 0.274. The van der Waals surface area contributed by atoms with Gasteiger partial charge in [-0.25, -0.2) is 9.69 Å². The van der Waals surface area contributed by atoms with E-state index < -0.39 is 23.7 Å². The maximum absolute atomic E-state index is 12.1. The van der Waals surface area contributed by atoms with E-state index in [1.54, 1.807) is 45.0 Å². The van der Waals surface area contributed by atoms with Gasteiger partial charge in [0, 0.05) is 5.56 Å². The van der Waals surface area contributed by atoms with Crippen LogP contribution in [-0.4, -0.2) is 22.7 Å². The highest BCUT2D eigenvalue weighted by Gasteiger charge is 2.36. The zero-order chi connectivity index (χ0) is 14.2. The number of anilines is 1. The van der Waals surface area contributed by atoms with Gasteiger partial charge in [-0.15, -0.1) is 0 Å². The van der Waals surface area contributed by atoms with Gasteiger partial charge in [-0.2, -0.15) is 0 Å². The molecular weight excluding hydrogens is 246 g/mol. The molecule has 0 fully saturated rings. The molecule has 0 spiro atoms. The lowest BCUT2D eigenvalue weighted by molar-refractivity contribution is -0.120. The summed E-state index contributed by atoms with van der Waals surface area (Å²) in [6.45, 7) is 5.21. The summed E-state index contributed by atoms with van der Waals surface area (Å²) in [5, 5.41) is 9.86. The number of hydrogen-bond acceptors (Lipinski definition) is 4. The van der Waals surface area contributed by atoms with Gasteiger partial charge >= 0.3 is 6.09 Å². The van der Waals surface area contributed by atoms with Gasteiger partial charge in [0.1, 0.15) is 5.60 Å². The van der Waals surface area contributed by atoms with Gasteiger partial charge in [-0.05, 0) is 26.8 Å². The second kappa shape index (κ2) is 4.66. The van der Waals surface area contributed by atoms with Crippen LogP contribution < -0.4 is 4.90 Å². The highest BCUT2D eigenvalue weighted by atomic mass is 16.6. The van der Waals surface area contributed by atoms with Crippen molar-refractivity contribution in [2.24, 2.45) is 0 Å². The Hall–Kier alpha value is -1.88. The molecule has 0 bridgehead atoms. The van der Waals surface area contributed by atoms with Crippen molar-refractivity contribution in [2.45, 2.75) is 38.9 Å². The topological polar surface area (TPSA) is 66.8 Å². The molecule has 1 unspecified atom stereocenters. The zero-order valence-electron chi connectivity index (χ0n) is 11.2. The average Bonchev–Trinajstić information content (AvgIpc) is 2.26. The summed E-state index contributed by atoms with van der Waals surface area (Å²) in [4.78, 5) is 25.0. The number of ether oxygens (including phenoxy) is 1. The molecule has 1 atom stereocenters. The lowest BCUT2D eigenvalue weighted by Crippen LogP contribution is -2.44. The Kier molecular flexibility index (Phi) is 3.32. The molecule has 0 saturated carbocycles. The van der Waals surface area contributed by atoms with Gasteiger partial charge in [0.25, 0.3) is 0 Å². The van der Waals surface area contributed by atoms with Crippen molar-refractivity contribution in [3.8, 4) is 0 Å². The maximum Gasteiger partial charge on any atom is 0.421 e. The number of carbonyl (C=O) groups is 2. The van der Waals surface area contributed by atoms with Crippen molar-refractivity contribution in [1.29, 1.82) is 0 Å². The first-order valence-corrected chi connectivity index (χ1v) is 6.12. The minimum absolute atomic E-state index is 0.115. The van der Waals surface area contributed by atoms with Crippen molar-refractivity contribution in [3.63, 3.8) is 0 Å². The third kappa shape index (κ3) is 2.76. The van der Waals surface area contributed by atoms with Crippen molar-refractivity contribution >= 4 is 17.7 Å². The van der Waals surface area contributed by atoms with Crippen LogP contribution >= 0.6 is 0 Å². The number of benzene rings is 1. The van der Waals surface area contributed by atoms with Crippen molar-refractivity contribution in [1.82, 2.24) is 0 Å². The number of fused-ring (bicyclic) bond motifs is 1. The largest absolute Gasteiger partial charge is 0.443 e. The van der Waals surface area contributed by atoms with E-state index in [1.807, 2.05) is 0 Å². The summed E-state index contributed by atoms with van der Waals surface area (Å²) < 4.78 is 5.22. The fourth-order valence-corrected chi connectivity index (χ4v) is 1.98. The fourth-order valence-electron chi connectivity index (χ4n) is 1.98. The van der Waals surface area contributed by atoms with Crippen LogP contribution in [-0.2, 0) is 9.53 Å². The number of rotatable bonds is 0. The van der Waals surface area contributed by atoms with Gasteiger partial charge in [0.2, 0.25) is 5.91 Å². The highest BCUT2D eigenvalue weighted by Crippen LogP contribution is 2.34. The Bertz CT molecular complexity index is 518. The molecule has 0 saturated heterocycles. The number of hydrogen-bond donors (Lipinski definition) is 1. The quantitative estimate of drug-likeness (QED) is 0.780. The molecule has 2 amide bonds. The zero-order valence-corrected chi connectivity index (χ0v) is 11.2. The number of imide groups is 1. The Balaban J connectivity index is 2.38. The van der Waals surface area contributed by atoms with Gasteiger partial charge in [-0.1, -0.05) is 18.2 Å². The average molecular weight is 263 g/mol. The first-order chi connectivity index (χ1) is 8.79. The number of aliphatic hydroxyl groups excluding tert-OH is 1. The Morgan fingerprint density at radius 1 is 1.37 bits per heavy atom. The van der Waals surface area contributed by atoms with Crippen molar-refractivity contribution in [2.75, 3.05) is 4.90 Å². The molecule has 2 rings (SSSR count). The summed E-state index contributed by atoms with van der Waals surface area (Å²) in [6.07, 6.45) is -1.70. The van der Waals surface area contributed by atoms with E-state index in [0.717, 1.165) is 4.90 Å². The molecule has 5 nitrogen and oxygen atoms in total. The second-order valence-electron chi connectivity index (χ2n) is 5.49. The molecule has 5 heteroatoms. The lowest BCUT2D eigenvalue weighted by atomic mass is 9.99. The van der Waals surface area contributed by atoms with Crippen LogP contribution in [0.1, 0.15) is 38.9 Å². The molecule has 1 aliphatic rings. The predicted octanol–water partition coefficient (Wildman–Crippen LogP) is 2.39. The van der Waals surface area contributed by atoms with Crippen molar-refractivity contribution < 1.29 is 19.4 Å². The molecule has 0 aliphatic carbocycles. The van der Waals surface area contributed by atoms with Crippen molar-refractivity contribution in [3.05, 3.63) is 29.8 Å². The Morgan fingerprint density at radius 3 is 2.63 bits per heavy atom. The number of aliphatic hydroxyl groups is 1. The second-order valence-corrected chi connectivity index (χ2v) is 5.49. The first kappa shape index (κ1) is 13.5. The smallest absolute Gasteiger partial charge is 0.421 e. The molecule has 0 radical (unpaired) electrons.